The fourth-order valence-corrected chi connectivity index (χ4v) is 2.35. The molecule has 96 valence electrons. The molecule has 1 aromatic heterocycles. The fraction of sp³-hybridized carbons (Fsp3) is 0.133. The average molecular weight is 256 g/mol. The summed E-state index contributed by atoms with van der Waals surface area (Å²) >= 11 is 0. The van der Waals surface area contributed by atoms with E-state index in [4.69, 9.17) is 5.73 Å². The third-order valence-electron chi connectivity index (χ3n) is 3.27. The summed E-state index contributed by atoms with van der Waals surface area (Å²) in [6.07, 6.45) is 0.699. The van der Waals surface area contributed by atoms with Gasteiger partial charge < -0.3 is 10.7 Å². The van der Waals surface area contributed by atoms with Crippen molar-refractivity contribution < 1.29 is 4.39 Å². The number of H-pyrrole nitrogens is 1. The summed E-state index contributed by atoms with van der Waals surface area (Å²) in [5.41, 5.74) is 7.45. The predicted molar refractivity (Wildman–Crippen MR) is 74.8 cm³/mol. The van der Waals surface area contributed by atoms with E-state index in [0.29, 0.717) is 29.4 Å². The van der Waals surface area contributed by atoms with Gasteiger partial charge in [-0.25, -0.2) is 4.39 Å². The molecule has 3 aromatic rings. The van der Waals surface area contributed by atoms with Gasteiger partial charge in [0.15, 0.2) is 5.43 Å². The van der Waals surface area contributed by atoms with Gasteiger partial charge in [-0.2, -0.15) is 0 Å². The second-order valence-electron chi connectivity index (χ2n) is 4.54. The molecule has 3 rings (SSSR count). The molecule has 0 fully saturated rings. The molecule has 3 N–H and O–H groups in total. The SMILES string of the molecule is NCCc1ccc2[nH]c3cccc(F)c3c(=O)c2c1. The minimum absolute atomic E-state index is 0.111. The first kappa shape index (κ1) is 11.9. The number of fused-ring (bicyclic) bond motifs is 2. The molecular weight excluding hydrogens is 243 g/mol. The molecule has 4 heteroatoms. The van der Waals surface area contributed by atoms with Gasteiger partial charge in [-0.3, -0.25) is 4.79 Å². The van der Waals surface area contributed by atoms with Crippen molar-refractivity contribution >= 4 is 21.8 Å². The zero-order valence-electron chi connectivity index (χ0n) is 10.2. The minimum atomic E-state index is -0.495. The number of aromatic amines is 1. The van der Waals surface area contributed by atoms with Crippen LogP contribution in [0.3, 0.4) is 0 Å². The Hall–Kier alpha value is -2.20. The molecule has 1 heterocycles. The van der Waals surface area contributed by atoms with Crippen LogP contribution in [0.5, 0.6) is 0 Å². The summed E-state index contributed by atoms with van der Waals surface area (Å²) in [7, 11) is 0. The van der Waals surface area contributed by atoms with Crippen molar-refractivity contribution in [1.82, 2.24) is 4.98 Å². The Morgan fingerprint density at radius 2 is 2.00 bits per heavy atom. The maximum Gasteiger partial charge on any atom is 0.200 e. The Balaban J connectivity index is 2.42. The number of halogens is 1. The zero-order chi connectivity index (χ0) is 13.4. The molecule has 0 bridgehead atoms. The second kappa shape index (κ2) is 4.48. The Kier molecular flexibility index (Phi) is 2.80. The summed E-state index contributed by atoms with van der Waals surface area (Å²) in [5, 5.41) is 0.614. The Morgan fingerprint density at radius 1 is 1.16 bits per heavy atom. The highest BCUT2D eigenvalue weighted by Crippen LogP contribution is 2.18. The molecular formula is C15H13FN2O. The lowest BCUT2D eigenvalue weighted by Gasteiger charge is -2.05. The highest BCUT2D eigenvalue weighted by Gasteiger charge is 2.09. The topological polar surface area (TPSA) is 58.9 Å². The van der Waals surface area contributed by atoms with E-state index >= 15 is 0 Å². The van der Waals surface area contributed by atoms with E-state index in [2.05, 4.69) is 4.98 Å². The van der Waals surface area contributed by atoms with E-state index in [-0.39, 0.29) is 10.8 Å². The van der Waals surface area contributed by atoms with Crippen molar-refractivity contribution in [3.63, 3.8) is 0 Å². The number of hydrogen-bond donors (Lipinski definition) is 2. The fourth-order valence-electron chi connectivity index (χ4n) is 2.35. The van der Waals surface area contributed by atoms with Crippen molar-refractivity contribution in [3.8, 4) is 0 Å². The van der Waals surface area contributed by atoms with Crippen LogP contribution in [0.4, 0.5) is 4.39 Å². The molecule has 0 aliphatic carbocycles. The van der Waals surface area contributed by atoms with Crippen LogP contribution in [-0.2, 0) is 6.42 Å². The number of benzene rings is 2. The number of nitrogens with two attached hydrogens (primary N) is 1. The lowest BCUT2D eigenvalue weighted by Crippen LogP contribution is -2.08. The molecule has 0 radical (unpaired) electrons. The van der Waals surface area contributed by atoms with Gasteiger partial charge in [0.1, 0.15) is 5.82 Å². The largest absolute Gasteiger partial charge is 0.354 e. The van der Waals surface area contributed by atoms with Gasteiger partial charge in [-0.15, -0.1) is 0 Å². The van der Waals surface area contributed by atoms with Crippen molar-refractivity contribution in [1.29, 1.82) is 0 Å². The molecule has 2 aromatic carbocycles. The molecule has 0 aliphatic heterocycles. The Labute approximate surface area is 108 Å². The first-order chi connectivity index (χ1) is 9.20. The maximum absolute atomic E-state index is 13.8. The average Bonchev–Trinajstić information content (AvgIpc) is 2.40. The van der Waals surface area contributed by atoms with Crippen LogP contribution in [-0.4, -0.2) is 11.5 Å². The molecule has 0 atom stereocenters. The zero-order valence-corrected chi connectivity index (χ0v) is 10.2. The summed E-state index contributed by atoms with van der Waals surface area (Å²) in [6.45, 7) is 0.519. The van der Waals surface area contributed by atoms with Crippen LogP contribution in [0.1, 0.15) is 5.56 Å². The molecule has 0 spiro atoms. The van der Waals surface area contributed by atoms with Crippen LogP contribution in [0, 0.1) is 5.82 Å². The third-order valence-corrected chi connectivity index (χ3v) is 3.27. The number of rotatable bonds is 2. The lowest BCUT2D eigenvalue weighted by molar-refractivity contribution is 0.639. The molecule has 19 heavy (non-hydrogen) atoms. The van der Waals surface area contributed by atoms with Crippen LogP contribution >= 0.6 is 0 Å². The monoisotopic (exact) mass is 256 g/mol. The molecule has 0 amide bonds. The van der Waals surface area contributed by atoms with Gasteiger partial charge in [0.05, 0.1) is 10.9 Å². The molecule has 3 nitrogen and oxygen atoms in total. The van der Waals surface area contributed by atoms with Crippen molar-refractivity contribution in [2.24, 2.45) is 5.73 Å². The van der Waals surface area contributed by atoms with E-state index in [1.54, 1.807) is 18.2 Å². The summed E-state index contributed by atoms with van der Waals surface area (Å²) in [4.78, 5) is 15.5. The van der Waals surface area contributed by atoms with Crippen molar-refractivity contribution in [3.05, 3.63) is 58.0 Å². The highest BCUT2D eigenvalue weighted by atomic mass is 19.1. The van der Waals surface area contributed by atoms with E-state index in [9.17, 15) is 9.18 Å². The first-order valence-corrected chi connectivity index (χ1v) is 6.14. The quantitative estimate of drug-likeness (QED) is 0.691. The van der Waals surface area contributed by atoms with Gasteiger partial charge in [0.25, 0.3) is 0 Å². The molecule has 0 unspecified atom stereocenters. The van der Waals surface area contributed by atoms with Gasteiger partial charge in [-0.05, 0) is 42.8 Å². The maximum atomic E-state index is 13.8. The van der Waals surface area contributed by atoms with Crippen LogP contribution in [0.15, 0.2) is 41.2 Å². The van der Waals surface area contributed by atoms with E-state index in [0.717, 1.165) is 5.56 Å². The Morgan fingerprint density at radius 3 is 2.79 bits per heavy atom. The van der Waals surface area contributed by atoms with E-state index < -0.39 is 5.82 Å². The highest BCUT2D eigenvalue weighted by molar-refractivity contribution is 5.92. The van der Waals surface area contributed by atoms with Gasteiger partial charge in [0, 0.05) is 10.9 Å². The van der Waals surface area contributed by atoms with Gasteiger partial charge in [-0.1, -0.05) is 12.1 Å². The van der Waals surface area contributed by atoms with Crippen LogP contribution in [0.2, 0.25) is 0 Å². The van der Waals surface area contributed by atoms with E-state index in [1.165, 1.54) is 6.07 Å². The summed E-state index contributed by atoms with van der Waals surface area (Å²) in [5.74, 6) is -0.495. The standard InChI is InChI=1S/C15H13FN2O/c16-11-2-1-3-13-14(11)15(19)10-8-9(6-7-17)4-5-12(10)18-13/h1-5,8H,6-7,17H2,(H,18,19). The molecule has 0 saturated heterocycles. The summed E-state index contributed by atoms with van der Waals surface area (Å²) in [6, 6.07) is 10.1. The smallest absolute Gasteiger partial charge is 0.200 e. The molecule has 0 aliphatic rings. The Bertz CT molecular complexity index is 823. The van der Waals surface area contributed by atoms with Crippen LogP contribution in [0.25, 0.3) is 21.8 Å². The lowest BCUT2D eigenvalue weighted by atomic mass is 10.1. The predicted octanol–water partition coefficient (Wildman–Crippen LogP) is 2.32. The number of aromatic nitrogens is 1. The van der Waals surface area contributed by atoms with Crippen LogP contribution < -0.4 is 11.2 Å². The van der Waals surface area contributed by atoms with Crippen molar-refractivity contribution in [2.75, 3.05) is 6.54 Å². The number of pyridine rings is 1. The first-order valence-electron chi connectivity index (χ1n) is 6.14. The van der Waals surface area contributed by atoms with Crippen molar-refractivity contribution in [2.45, 2.75) is 6.42 Å². The number of nitrogens with one attached hydrogen (secondary N) is 1. The van der Waals surface area contributed by atoms with E-state index in [1.807, 2.05) is 12.1 Å². The normalized spacial score (nSPS) is 11.3. The molecule has 0 saturated carbocycles. The third kappa shape index (κ3) is 1.90. The second-order valence-corrected chi connectivity index (χ2v) is 4.54. The minimum Gasteiger partial charge on any atom is -0.354 e. The van der Waals surface area contributed by atoms with Gasteiger partial charge >= 0.3 is 0 Å². The van der Waals surface area contributed by atoms with Gasteiger partial charge in [0.2, 0.25) is 0 Å². The number of hydrogen-bond acceptors (Lipinski definition) is 2. The summed E-state index contributed by atoms with van der Waals surface area (Å²) < 4.78 is 13.8.